The SMILES string of the molecule is CCNc1nc(-c2cc(F)cc(F)c2)ncc1I. The standard InChI is InChI=1S/C12H10F2IN3/c1-2-16-12-10(15)6-17-11(18-12)7-3-8(13)5-9(14)4-7/h3-6H,2H2,1H3,(H,16,17,18). The van der Waals surface area contributed by atoms with Gasteiger partial charge in [-0.2, -0.15) is 0 Å². The smallest absolute Gasteiger partial charge is 0.161 e. The topological polar surface area (TPSA) is 37.8 Å². The molecular formula is C12H10F2IN3. The van der Waals surface area contributed by atoms with Crippen LogP contribution in [0.4, 0.5) is 14.6 Å². The Kier molecular flexibility index (Phi) is 4.05. The van der Waals surface area contributed by atoms with E-state index in [0.717, 1.165) is 9.64 Å². The molecule has 6 heteroatoms. The van der Waals surface area contributed by atoms with Crippen LogP contribution in [-0.4, -0.2) is 16.5 Å². The first-order valence-corrected chi connectivity index (χ1v) is 6.41. The molecule has 94 valence electrons. The van der Waals surface area contributed by atoms with E-state index < -0.39 is 11.6 Å². The molecule has 0 bridgehead atoms. The van der Waals surface area contributed by atoms with Gasteiger partial charge in [0.15, 0.2) is 5.82 Å². The van der Waals surface area contributed by atoms with Gasteiger partial charge in [0.2, 0.25) is 0 Å². The molecule has 1 heterocycles. The highest BCUT2D eigenvalue weighted by molar-refractivity contribution is 14.1. The lowest BCUT2D eigenvalue weighted by Crippen LogP contribution is -2.04. The van der Waals surface area contributed by atoms with Crippen molar-refractivity contribution in [2.75, 3.05) is 11.9 Å². The van der Waals surface area contributed by atoms with Crippen LogP contribution >= 0.6 is 22.6 Å². The summed E-state index contributed by atoms with van der Waals surface area (Å²) in [7, 11) is 0. The minimum Gasteiger partial charge on any atom is -0.369 e. The van der Waals surface area contributed by atoms with Gasteiger partial charge in [0.05, 0.1) is 3.57 Å². The first-order valence-electron chi connectivity index (χ1n) is 5.33. The molecule has 0 unspecified atom stereocenters. The Bertz CT molecular complexity index is 555. The van der Waals surface area contributed by atoms with Crippen molar-refractivity contribution < 1.29 is 8.78 Å². The molecule has 2 rings (SSSR count). The van der Waals surface area contributed by atoms with Crippen LogP contribution in [0.25, 0.3) is 11.4 Å². The van der Waals surface area contributed by atoms with Crippen LogP contribution in [-0.2, 0) is 0 Å². The third-order valence-electron chi connectivity index (χ3n) is 2.21. The number of aromatic nitrogens is 2. The van der Waals surface area contributed by atoms with Crippen molar-refractivity contribution in [1.82, 2.24) is 9.97 Å². The van der Waals surface area contributed by atoms with Gasteiger partial charge in [-0.05, 0) is 41.6 Å². The lowest BCUT2D eigenvalue weighted by molar-refractivity contribution is 0.584. The van der Waals surface area contributed by atoms with E-state index in [1.165, 1.54) is 12.1 Å². The maximum atomic E-state index is 13.1. The molecular weight excluding hydrogens is 351 g/mol. The normalized spacial score (nSPS) is 10.4. The van der Waals surface area contributed by atoms with Crippen LogP contribution in [0.15, 0.2) is 24.4 Å². The Labute approximate surface area is 117 Å². The highest BCUT2D eigenvalue weighted by atomic mass is 127. The van der Waals surface area contributed by atoms with E-state index >= 15 is 0 Å². The minimum atomic E-state index is -0.642. The zero-order valence-corrected chi connectivity index (χ0v) is 11.7. The van der Waals surface area contributed by atoms with Crippen molar-refractivity contribution in [1.29, 1.82) is 0 Å². The van der Waals surface area contributed by atoms with Crippen molar-refractivity contribution in [3.8, 4) is 11.4 Å². The third kappa shape index (κ3) is 2.92. The highest BCUT2D eigenvalue weighted by Gasteiger charge is 2.09. The van der Waals surface area contributed by atoms with Gasteiger partial charge in [-0.3, -0.25) is 0 Å². The molecule has 0 aliphatic heterocycles. The van der Waals surface area contributed by atoms with Crippen molar-refractivity contribution >= 4 is 28.4 Å². The molecule has 0 saturated heterocycles. The average molecular weight is 361 g/mol. The van der Waals surface area contributed by atoms with Crippen LogP contribution in [0.3, 0.4) is 0 Å². The maximum absolute atomic E-state index is 13.1. The van der Waals surface area contributed by atoms with Crippen LogP contribution in [0.1, 0.15) is 6.92 Å². The average Bonchev–Trinajstić information content (AvgIpc) is 2.31. The third-order valence-corrected chi connectivity index (χ3v) is 3.00. The summed E-state index contributed by atoms with van der Waals surface area (Å²) >= 11 is 2.10. The molecule has 0 radical (unpaired) electrons. The second-order valence-corrected chi connectivity index (χ2v) is 4.74. The molecule has 3 nitrogen and oxygen atoms in total. The van der Waals surface area contributed by atoms with E-state index in [-0.39, 0.29) is 0 Å². The molecule has 1 aromatic heterocycles. The van der Waals surface area contributed by atoms with E-state index in [1.807, 2.05) is 6.92 Å². The zero-order chi connectivity index (χ0) is 13.1. The summed E-state index contributed by atoms with van der Waals surface area (Å²) in [5.74, 6) is -0.327. The lowest BCUT2D eigenvalue weighted by atomic mass is 10.2. The monoisotopic (exact) mass is 361 g/mol. The molecule has 0 aliphatic rings. The lowest BCUT2D eigenvalue weighted by Gasteiger charge is -2.07. The molecule has 1 aromatic carbocycles. The predicted octanol–water partition coefficient (Wildman–Crippen LogP) is 3.46. The summed E-state index contributed by atoms with van der Waals surface area (Å²) in [6.07, 6.45) is 1.61. The van der Waals surface area contributed by atoms with E-state index in [0.29, 0.717) is 23.8 Å². The van der Waals surface area contributed by atoms with E-state index in [9.17, 15) is 8.78 Å². The predicted molar refractivity (Wildman–Crippen MR) is 74.3 cm³/mol. The Morgan fingerprint density at radius 1 is 1.22 bits per heavy atom. The fourth-order valence-corrected chi connectivity index (χ4v) is 1.93. The summed E-state index contributed by atoms with van der Waals surface area (Å²) in [5.41, 5.74) is 0.322. The van der Waals surface area contributed by atoms with Gasteiger partial charge in [-0.25, -0.2) is 18.7 Å². The van der Waals surface area contributed by atoms with Gasteiger partial charge in [0.1, 0.15) is 17.5 Å². The first kappa shape index (κ1) is 13.1. The van der Waals surface area contributed by atoms with Crippen LogP contribution in [0.2, 0.25) is 0 Å². The Hall–Kier alpha value is -1.31. The van der Waals surface area contributed by atoms with E-state index in [2.05, 4.69) is 37.9 Å². The van der Waals surface area contributed by atoms with Crippen molar-refractivity contribution in [2.45, 2.75) is 6.92 Å². The number of nitrogens with one attached hydrogen (secondary N) is 1. The number of benzene rings is 1. The molecule has 2 aromatic rings. The molecule has 0 atom stereocenters. The number of halogens is 3. The van der Waals surface area contributed by atoms with E-state index in [1.54, 1.807) is 6.20 Å². The molecule has 0 saturated carbocycles. The van der Waals surface area contributed by atoms with Gasteiger partial charge in [-0.15, -0.1) is 0 Å². The second-order valence-electron chi connectivity index (χ2n) is 3.58. The molecule has 18 heavy (non-hydrogen) atoms. The van der Waals surface area contributed by atoms with E-state index in [4.69, 9.17) is 0 Å². The largest absolute Gasteiger partial charge is 0.369 e. The minimum absolute atomic E-state index is 0.296. The Morgan fingerprint density at radius 3 is 2.50 bits per heavy atom. The highest BCUT2D eigenvalue weighted by Crippen LogP contribution is 2.22. The summed E-state index contributed by atoms with van der Waals surface area (Å²) in [5, 5.41) is 3.07. The number of anilines is 1. The first-order chi connectivity index (χ1) is 8.60. The quantitative estimate of drug-likeness (QED) is 0.851. The number of hydrogen-bond donors (Lipinski definition) is 1. The number of hydrogen-bond acceptors (Lipinski definition) is 3. The zero-order valence-electron chi connectivity index (χ0n) is 9.54. The molecule has 0 fully saturated rings. The van der Waals surface area contributed by atoms with Crippen molar-refractivity contribution in [3.63, 3.8) is 0 Å². The summed E-state index contributed by atoms with van der Waals surface area (Å²) in [6.45, 7) is 2.66. The fourth-order valence-electron chi connectivity index (χ4n) is 1.48. The van der Waals surface area contributed by atoms with Crippen molar-refractivity contribution in [3.05, 3.63) is 39.6 Å². The molecule has 0 spiro atoms. The summed E-state index contributed by atoms with van der Waals surface area (Å²) in [4.78, 5) is 8.33. The summed E-state index contributed by atoms with van der Waals surface area (Å²) in [6, 6.07) is 3.24. The van der Waals surface area contributed by atoms with Gasteiger partial charge in [0.25, 0.3) is 0 Å². The van der Waals surface area contributed by atoms with Crippen molar-refractivity contribution in [2.24, 2.45) is 0 Å². The summed E-state index contributed by atoms with van der Waals surface area (Å²) < 4.78 is 27.1. The maximum Gasteiger partial charge on any atom is 0.161 e. The number of rotatable bonds is 3. The molecule has 0 aliphatic carbocycles. The molecule has 1 N–H and O–H groups in total. The van der Waals surface area contributed by atoms with Gasteiger partial charge in [-0.1, -0.05) is 0 Å². The Balaban J connectivity index is 2.47. The van der Waals surface area contributed by atoms with Gasteiger partial charge in [0, 0.05) is 24.4 Å². The van der Waals surface area contributed by atoms with Gasteiger partial charge >= 0.3 is 0 Å². The van der Waals surface area contributed by atoms with Crippen LogP contribution in [0.5, 0.6) is 0 Å². The molecule has 0 amide bonds. The second kappa shape index (κ2) is 5.55. The number of nitrogens with zero attached hydrogens (tertiary/aromatic N) is 2. The fraction of sp³-hybridized carbons (Fsp3) is 0.167. The van der Waals surface area contributed by atoms with Gasteiger partial charge < -0.3 is 5.32 Å². The Morgan fingerprint density at radius 2 is 1.89 bits per heavy atom. The van der Waals surface area contributed by atoms with Crippen LogP contribution < -0.4 is 5.32 Å². The van der Waals surface area contributed by atoms with Crippen LogP contribution in [0, 0.1) is 15.2 Å².